The van der Waals surface area contributed by atoms with E-state index in [9.17, 15) is 9.90 Å². The fraction of sp³-hybridized carbons (Fsp3) is 0.208. The summed E-state index contributed by atoms with van der Waals surface area (Å²) >= 11 is 0. The van der Waals surface area contributed by atoms with Crippen molar-refractivity contribution in [2.75, 3.05) is 18.2 Å². The molecule has 1 atom stereocenters. The molecule has 1 N–H and O–H groups in total. The summed E-state index contributed by atoms with van der Waals surface area (Å²) in [7, 11) is 0. The number of benzene rings is 3. The Kier molecular flexibility index (Phi) is 5.86. The number of rotatable bonds is 7. The Morgan fingerprint density at radius 2 is 1.57 bits per heavy atom. The minimum absolute atomic E-state index is 0.198. The molecule has 1 heterocycles. The van der Waals surface area contributed by atoms with Crippen molar-refractivity contribution in [3.63, 3.8) is 0 Å². The normalized spacial score (nSPS) is 12.9. The zero-order valence-corrected chi connectivity index (χ0v) is 16.7. The maximum absolute atomic E-state index is 11.6. The fourth-order valence-electron chi connectivity index (χ4n) is 3.33. The SMILES string of the molecule is CCOC(=O)C(O)Cc1ccc(OCN2c3ccccc3Oc3ccccc32)cc1. The Hall–Kier alpha value is -3.51. The van der Waals surface area contributed by atoms with E-state index in [1.54, 1.807) is 6.92 Å². The third-order valence-electron chi connectivity index (χ3n) is 4.80. The van der Waals surface area contributed by atoms with Crippen LogP contribution >= 0.6 is 0 Å². The van der Waals surface area contributed by atoms with Crippen LogP contribution < -0.4 is 14.4 Å². The van der Waals surface area contributed by atoms with E-state index in [-0.39, 0.29) is 13.0 Å². The third-order valence-corrected chi connectivity index (χ3v) is 4.80. The summed E-state index contributed by atoms with van der Waals surface area (Å²) in [6.45, 7) is 2.26. The van der Waals surface area contributed by atoms with Gasteiger partial charge in [-0.05, 0) is 48.9 Å². The molecule has 1 aliphatic rings. The molecule has 0 saturated heterocycles. The van der Waals surface area contributed by atoms with Crippen molar-refractivity contribution < 1.29 is 24.1 Å². The molecule has 4 rings (SSSR count). The van der Waals surface area contributed by atoms with Crippen LogP contribution in [0, 0.1) is 0 Å². The predicted molar refractivity (Wildman–Crippen MR) is 113 cm³/mol. The van der Waals surface area contributed by atoms with Crippen molar-refractivity contribution in [1.82, 2.24) is 0 Å². The van der Waals surface area contributed by atoms with Gasteiger partial charge < -0.3 is 24.2 Å². The summed E-state index contributed by atoms with van der Waals surface area (Å²) in [5.41, 5.74) is 2.70. The van der Waals surface area contributed by atoms with Crippen LogP contribution in [0.25, 0.3) is 0 Å². The molecule has 0 bridgehead atoms. The van der Waals surface area contributed by atoms with Gasteiger partial charge in [0.15, 0.2) is 24.3 Å². The van der Waals surface area contributed by atoms with E-state index in [4.69, 9.17) is 14.2 Å². The average molecular weight is 405 g/mol. The molecule has 3 aromatic carbocycles. The van der Waals surface area contributed by atoms with Crippen LogP contribution in [0.4, 0.5) is 11.4 Å². The molecule has 0 saturated carbocycles. The molecule has 154 valence electrons. The van der Waals surface area contributed by atoms with Crippen LogP contribution in [-0.4, -0.2) is 30.5 Å². The molecule has 0 spiro atoms. The first kappa shape index (κ1) is 19.8. The molecule has 0 fully saturated rings. The van der Waals surface area contributed by atoms with Gasteiger partial charge in [0.1, 0.15) is 5.75 Å². The number of carbonyl (C=O) groups is 1. The molecule has 0 radical (unpaired) electrons. The van der Waals surface area contributed by atoms with E-state index in [1.165, 1.54) is 0 Å². The Labute approximate surface area is 175 Å². The monoisotopic (exact) mass is 405 g/mol. The molecular formula is C24H23NO5. The highest BCUT2D eigenvalue weighted by Crippen LogP contribution is 2.46. The summed E-state index contributed by atoms with van der Waals surface area (Å²) in [5.74, 6) is 1.64. The van der Waals surface area contributed by atoms with Crippen LogP contribution in [0.15, 0.2) is 72.8 Å². The highest BCUT2D eigenvalue weighted by atomic mass is 16.5. The van der Waals surface area contributed by atoms with Gasteiger partial charge in [0.05, 0.1) is 18.0 Å². The van der Waals surface area contributed by atoms with Crippen molar-refractivity contribution in [3.8, 4) is 17.2 Å². The number of aliphatic hydroxyl groups excluding tert-OH is 1. The standard InChI is InChI=1S/C24H23NO5/c1-2-28-24(27)21(26)15-17-11-13-18(14-12-17)29-16-25-19-7-3-5-9-22(19)30-23-10-6-4-8-20(23)25/h3-14,21,26H,2,15-16H2,1H3. The Morgan fingerprint density at radius 3 is 2.17 bits per heavy atom. The largest absolute Gasteiger partial charge is 0.473 e. The summed E-state index contributed by atoms with van der Waals surface area (Å²) in [4.78, 5) is 13.6. The highest BCUT2D eigenvalue weighted by molar-refractivity contribution is 5.77. The lowest BCUT2D eigenvalue weighted by molar-refractivity contribution is -0.152. The van der Waals surface area contributed by atoms with Gasteiger partial charge in [-0.25, -0.2) is 4.79 Å². The van der Waals surface area contributed by atoms with Crippen LogP contribution in [0.3, 0.4) is 0 Å². The second-order valence-corrected chi connectivity index (χ2v) is 6.85. The molecule has 1 aliphatic heterocycles. The van der Waals surface area contributed by atoms with E-state index >= 15 is 0 Å². The van der Waals surface area contributed by atoms with Crippen molar-refractivity contribution in [2.24, 2.45) is 0 Å². The van der Waals surface area contributed by atoms with Gasteiger partial charge in [-0.3, -0.25) is 0 Å². The van der Waals surface area contributed by atoms with Crippen LogP contribution in [0.5, 0.6) is 17.2 Å². The van der Waals surface area contributed by atoms with Gasteiger partial charge in [-0.2, -0.15) is 0 Å². The summed E-state index contributed by atoms with van der Waals surface area (Å²) in [5, 5.41) is 9.91. The van der Waals surface area contributed by atoms with Crippen molar-refractivity contribution in [2.45, 2.75) is 19.4 Å². The molecule has 0 aromatic heterocycles. The van der Waals surface area contributed by atoms with Crippen molar-refractivity contribution in [1.29, 1.82) is 0 Å². The Morgan fingerprint density at radius 1 is 0.967 bits per heavy atom. The lowest BCUT2D eigenvalue weighted by Gasteiger charge is -2.32. The number of hydrogen-bond donors (Lipinski definition) is 1. The second kappa shape index (κ2) is 8.88. The number of aliphatic hydroxyl groups is 1. The first-order valence-corrected chi connectivity index (χ1v) is 9.85. The van der Waals surface area contributed by atoms with E-state index < -0.39 is 12.1 Å². The van der Waals surface area contributed by atoms with E-state index in [2.05, 4.69) is 4.90 Å². The number of carbonyl (C=O) groups excluding carboxylic acids is 1. The molecule has 6 heteroatoms. The molecule has 0 amide bonds. The number of nitrogens with zero attached hydrogens (tertiary/aromatic N) is 1. The minimum atomic E-state index is -1.17. The third kappa shape index (κ3) is 4.23. The van der Waals surface area contributed by atoms with Gasteiger partial charge in [0.2, 0.25) is 0 Å². The predicted octanol–water partition coefficient (Wildman–Crippen LogP) is 4.43. The van der Waals surface area contributed by atoms with E-state index in [0.29, 0.717) is 12.5 Å². The molecule has 1 unspecified atom stereocenters. The molecule has 30 heavy (non-hydrogen) atoms. The highest BCUT2D eigenvalue weighted by Gasteiger charge is 2.24. The average Bonchev–Trinajstić information content (AvgIpc) is 2.77. The number of para-hydroxylation sites is 4. The minimum Gasteiger partial charge on any atom is -0.473 e. The van der Waals surface area contributed by atoms with Gasteiger partial charge in [0, 0.05) is 6.42 Å². The summed E-state index contributed by atoms with van der Waals surface area (Å²) < 4.78 is 16.8. The summed E-state index contributed by atoms with van der Waals surface area (Å²) in [6.07, 6.45) is -0.971. The number of hydrogen-bond acceptors (Lipinski definition) is 6. The second-order valence-electron chi connectivity index (χ2n) is 6.85. The van der Waals surface area contributed by atoms with Crippen molar-refractivity contribution in [3.05, 3.63) is 78.4 Å². The quantitative estimate of drug-likeness (QED) is 0.587. The topological polar surface area (TPSA) is 68.2 Å². The molecular weight excluding hydrogens is 382 g/mol. The lowest BCUT2D eigenvalue weighted by atomic mass is 10.1. The number of esters is 1. The smallest absolute Gasteiger partial charge is 0.335 e. The Bertz CT molecular complexity index is 973. The summed E-state index contributed by atoms with van der Waals surface area (Å²) in [6, 6.07) is 23.0. The fourth-order valence-corrected chi connectivity index (χ4v) is 3.33. The van der Waals surface area contributed by atoms with Gasteiger partial charge in [0.25, 0.3) is 0 Å². The van der Waals surface area contributed by atoms with Gasteiger partial charge in [-0.1, -0.05) is 36.4 Å². The maximum Gasteiger partial charge on any atom is 0.335 e. The maximum atomic E-state index is 11.6. The first-order chi connectivity index (χ1) is 14.7. The Balaban J connectivity index is 1.45. The van der Waals surface area contributed by atoms with Crippen molar-refractivity contribution >= 4 is 17.3 Å². The van der Waals surface area contributed by atoms with Gasteiger partial charge >= 0.3 is 5.97 Å². The number of fused-ring (bicyclic) bond motifs is 2. The van der Waals surface area contributed by atoms with Crippen LogP contribution in [-0.2, 0) is 16.0 Å². The number of anilines is 2. The van der Waals surface area contributed by atoms with Crippen LogP contribution in [0.2, 0.25) is 0 Å². The lowest BCUT2D eigenvalue weighted by Crippen LogP contribution is -2.26. The first-order valence-electron chi connectivity index (χ1n) is 9.85. The number of ether oxygens (including phenoxy) is 3. The van der Waals surface area contributed by atoms with Crippen LogP contribution in [0.1, 0.15) is 12.5 Å². The van der Waals surface area contributed by atoms with E-state index in [1.807, 2.05) is 72.8 Å². The zero-order valence-electron chi connectivity index (χ0n) is 16.7. The van der Waals surface area contributed by atoms with E-state index in [0.717, 1.165) is 28.4 Å². The molecule has 0 aliphatic carbocycles. The van der Waals surface area contributed by atoms with Gasteiger partial charge in [-0.15, -0.1) is 0 Å². The molecule has 6 nitrogen and oxygen atoms in total. The molecule has 3 aromatic rings. The zero-order chi connectivity index (χ0) is 20.9.